The molecule has 28 heavy (non-hydrogen) atoms. The van der Waals surface area contributed by atoms with Crippen molar-refractivity contribution >= 4 is 16.9 Å². The standard InChI is InChI=1S/C22H22O6/c1-12-10-17-18(11-13(12)2)28-20(15-6-8-16(25-4)9-7-15)21(19(17)23)27-14(3)22(24)26-5/h6-11,14H,1-5H3. The van der Waals surface area contributed by atoms with Crippen molar-refractivity contribution in [2.24, 2.45) is 0 Å². The molecule has 0 fully saturated rings. The van der Waals surface area contributed by atoms with Crippen LogP contribution in [0.3, 0.4) is 0 Å². The van der Waals surface area contributed by atoms with E-state index in [1.165, 1.54) is 14.0 Å². The first-order valence-electron chi connectivity index (χ1n) is 8.82. The second kappa shape index (κ2) is 7.76. The molecule has 0 saturated carbocycles. The number of ether oxygens (including phenoxy) is 3. The normalized spacial score (nSPS) is 11.9. The number of rotatable bonds is 5. The van der Waals surface area contributed by atoms with Crippen LogP contribution < -0.4 is 14.9 Å². The van der Waals surface area contributed by atoms with Crippen LogP contribution in [0, 0.1) is 13.8 Å². The van der Waals surface area contributed by atoms with E-state index in [0.717, 1.165) is 11.1 Å². The van der Waals surface area contributed by atoms with Crippen molar-refractivity contribution in [3.05, 3.63) is 57.7 Å². The van der Waals surface area contributed by atoms with Gasteiger partial charge in [0.15, 0.2) is 11.9 Å². The summed E-state index contributed by atoms with van der Waals surface area (Å²) in [5.74, 6) is 0.307. The second-order valence-corrected chi connectivity index (χ2v) is 6.53. The SMILES string of the molecule is COC(=O)C(C)Oc1c(-c2ccc(OC)cc2)oc2cc(C)c(C)cc2c1=O. The molecule has 6 heteroatoms. The van der Waals surface area contributed by atoms with Gasteiger partial charge in [-0.05, 0) is 68.3 Å². The fourth-order valence-electron chi connectivity index (χ4n) is 2.86. The largest absolute Gasteiger partial charge is 0.497 e. The van der Waals surface area contributed by atoms with E-state index in [4.69, 9.17) is 18.6 Å². The molecule has 3 aromatic rings. The third-order valence-electron chi connectivity index (χ3n) is 4.64. The Morgan fingerprint density at radius 3 is 2.29 bits per heavy atom. The molecule has 1 atom stereocenters. The number of carbonyl (C=O) groups is 1. The van der Waals surface area contributed by atoms with Crippen LogP contribution in [-0.4, -0.2) is 26.3 Å². The van der Waals surface area contributed by atoms with E-state index >= 15 is 0 Å². The Morgan fingerprint density at radius 2 is 1.68 bits per heavy atom. The molecule has 0 amide bonds. The van der Waals surface area contributed by atoms with Gasteiger partial charge in [0, 0.05) is 5.56 Å². The summed E-state index contributed by atoms with van der Waals surface area (Å²) in [6.45, 7) is 5.39. The van der Waals surface area contributed by atoms with Gasteiger partial charge in [0.1, 0.15) is 11.3 Å². The van der Waals surface area contributed by atoms with E-state index in [1.54, 1.807) is 37.4 Å². The van der Waals surface area contributed by atoms with Crippen LogP contribution in [0.1, 0.15) is 18.1 Å². The fraction of sp³-hybridized carbons (Fsp3) is 0.273. The van der Waals surface area contributed by atoms with Gasteiger partial charge in [0.25, 0.3) is 0 Å². The Bertz CT molecular complexity index is 1080. The molecule has 0 radical (unpaired) electrons. The number of carbonyl (C=O) groups excluding carboxylic acids is 1. The molecule has 2 aromatic carbocycles. The molecule has 1 heterocycles. The van der Waals surface area contributed by atoms with E-state index in [9.17, 15) is 9.59 Å². The highest BCUT2D eigenvalue weighted by atomic mass is 16.6. The zero-order chi connectivity index (χ0) is 20.4. The maximum atomic E-state index is 13.2. The predicted octanol–water partition coefficient (Wildman–Crippen LogP) is 4.03. The summed E-state index contributed by atoms with van der Waals surface area (Å²) in [6.07, 6.45) is -0.964. The maximum absolute atomic E-state index is 13.2. The van der Waals surface area contributed by atoms with Crippen molar-refractivity contribution < 1.29 is 23.4 Å². The van der Waals surface area contributed by atoms with Crippen LogP contribution in [0.4, 0.5) is 0 Å². The van der Waals surface area contributed by atoms with Crippen LogP contribution >= 0.6 is 0 Å². The van der Waals surface area contributed by atoms with Gasteiger partial charge in [0.2, 0.25) is 11.2 Å². The molecule has 0 spiro atoms. The Kier molecular flexibility index (Phi) is 5.40. The van der Waals surface area contributed by atoms with Gasteiger partial charge in [-0.25, -0.2) is 4.79 Å². The van der Waals surface area contributed by atoms with Crippen molar-refractivity contribution in [1.82, 2.24) is 0 Å². The Labute approximate surface area is 162 Å². The molecule has 146 valence electrons. The molecule has 6 nitrogen and oxygen atoms in total. The van der Waals surface area contributed by atoms with Crippen molar-refractivity contribution in [3.8, 4) is 22.8 Å². The molecule has 0 N–H and O–H groups in total. The van der Waals surface area contributed by atoms with Crippen LogP contribution in [0.5, 0.6) is 11.5 Å². The number of fused-ring (bicyclic) bond motifs is 1. The minimum absolute atomic E-state index is 0.0289. The summed E-state index contributed by atoms with van der Waals surface area (Å²) in [4.78, 5) is 25.0. The number of methoxy groups -OCH3 is 2. The third-order valence-corrected chi connectivity index (χ3v) is 4.64. The van der Waals surface area contributed by atoms with Gasteiger partial charge < -0.3 is 18.6 Å². The van der Waals surface area contributed by atoms with Crippen molar-refractivity contribution in [2.75, 3.05) is 14.2 Å². The van der Waals surface area contributed by atoms with Gasteiger partial charge in [-0.3, -0.25) is 4.79 Å². The summed E-state index contributed by atoms with van der Waals surface area (Å²) in [5, 5.41) is 0.396. The number of esters is 1. The highest BCUT2D eigenvalue weighted by Crippen LogP contribution is 2.33. The van der Waals surface area contributed by atoms with Gasteiger partial charge in [0.05, 0.1) is 19.6 Å². The zero-order valence-corrected chi connectivity index (χ0v) is 16.5. The van der Waals surface area contributed by atoms with Gasteiger partial charge in [-0.1, -0.05) is 0 Å². The summed E-state index contributed by atoms with van der Waals surface area (Å²) in [6, 6.07) is 10.6. The number of benzene rings is 2. The molecule has 0 bridgehead atoms. The molecular weight excluding hydrogens is 360 g/mol. The number of hydrogen-bond acceptors (Lipinski definition) is 6. The van der Waals surface area contributed by atoms with E-state index in [2.05, 4.69) is 0 Å². The van der Waals surface area contributed by atoms with E-state index < -0.39 is 12.1 Å². The predicted molar refractivity (Wildman–Crippen MR) is 106 cm³/mol. The Balaban J connectivity index is 2.25. The lowest BCUT2D eigenvalue weighted by Crippen LogP contribution is -2.27. The first kappa shape index (κ1) is 19.5. The third kappa shape index (κ3) is 3.58. The molecule has 1 unspecified atom stereocenters. The minimum Gasteiger partial charge on any atom is -0.497 e. The van der Waals surface area contributed by atoms with E-state index in [1.807, 2.05) is 19.9 Å². The smallest absolute Gasteiger partial charge is 0.346 e. The van der Waals surface area contributed by atoms with E-state index in [0.29, 0.717) is 22.3 Å². The van der Waals surface area contributed by atoms with Gasteiger partial charge in [-0.2, -0.15) is 0 Å². The van der Waals surface area contributed by atoms with Crippen molar-refractivity contribution in [1.29, 1.82) is 0 Å². The first-order valence-corrected chi connectivity index (χ1v) is 8.82. The van der Waals surface area contributed by atoms with Crippen molar-refractivity contribution in [3.63, 3.8) is 0 Å². The lowest BCUT2D eigenvalue weighted by molar-refractivity contribution is -0.147. The fourth-order valence-corrected chi connectivity index (χ4v) is 2.86. The van der Waals surface area contributed by atoms with Crippen LogP contribution in [-0.2, 0) is 9.53 Å². The molecule has 0 aliphatic carbocycles. The summed E-state index contributed by atoms with van der Waals surface area (Å²) in [7, 11) is 2.84. The van der Waals surface area contributed by atoms with Crippen molar-refractivity contribution in [2.45, 2.75) is 26.9 Å². The second-order valence-electron chi connectivity index (χ2n) is 6.53. The molecule has 0 saturated heterocycles. The Morgan fingerprint density at radius 1 is 1.04 bits per heavy atom. The minimum atomic E-state index is -0.964. The molecule has 1 aromatic heterocycles. The van der Waals surface area contributed by atoms with Crippen LogP contribution in [0.2, 0.25) is 0 Å². The summed E-state index contributed by atoms with van der Waals surface area (Å²) >= 11 is 0. The molecule has 0 aliphatic heterocycles. The van der Waals surface area contributed by atoms with Crippen LogP contribution in [0.25, 0.3) is 22.3 Å². The topological polar surface area (TPSA) is 75.0 Å². The zero-order valence-electron chi connectivity index (χ0n) is 16.5. The van der Waals surface area contributed by atoms with Gasteiger partial charge in [-0.15, -0.1) is 0 Å². The average molecular weight is 382 g/mol. The van der Waals surface area contributed by atoms with Gasteiger partial charge >= 0.3 is 5.97 Å². The quantitative estimate of drug-likeness (QED) is 0.620. The monoisotopic (exact) mass is 382 g/mol. The maximum Gasteiger partial charge on any atom is 0.346 e. The highest BCUT2D eigenvalue weighted by molar-refractivity contribution is 5.84. The number of hydrogen-bond donors (Lipinski definition) is 0. The summed E-state index contributed by atoms with van der Waals surface area (Å²) in [5.41, 5.74) is 2.71. The van der Waals surface area contributed by atoms with Crippen LogP contribution in [0.15, 0.2) is 45.6 Å². The number of aryl methyl sites for hydroxylation is 2. The summed E-state index contributed by atoms with van der Waals surface area (Å²) < 4.78 is 21.7. The lowest BCUT2D eigenvalue weighted by atomic mass is 10.0. The average Bonchev–Trinajstić information content (AvgIpc) is 2.70. The molecular formula is C22H22O6. The molecule has 3 rings (SSSR count). The lowest BCUT2D eigenvalue weighted by Gasteiger charge is -2.16. The van der Waals surface area contributed by atoms with E-state index in [-0.39, 0.29) is 16.9 Å². The first-order chi connectivity index (χ1) is 13.3. The molecule has 0 aliphatic rings. The highest BCUT2D eigenvalue weighted by Gasteiger charge is 2.23. The Hall–Kier alpha value is -3.28.